The van der Waals surface area contributed by atoms with Crippen LogP contribution in [0.15, 0.2) is 59.5 Å². The molecule has 9 heteroatoms. The summed E-state index contributed by atoms with van der Waals surface area (Å²) >= 11 is 0.808. The number of nitrogens with zero attached hydrogens (tertiary/aromatic N) is 2. The number of benzene rings is 2. The molecule has 0 atom stereocenters. The first-order chi connectivity index (χ1) is 17.7. The molecule has 190 valence electrons. The van der Waals surface area contributed by atoms with Crippen molar-refractivity contribution < 1.29 is 23.9 Å². The predicted molar refractivity (Wildman–Crippen MR) is 144 cm³/mol. The number of hydrogen-bond donors (Lipinski definition) is 1. The SMILES string of the molecule is CCOC(=O)c1cccc(-n2c(C)cc(/C=C3\SC(=O)N(CC(=O)Nc4ccccc4C)C3=O)c2C)c1. The number of amides is 3. The number of hydrogen-bond acceptors (Lipinski definition) is 6. The molecule has 1 aromatic heterocycles. The van der Waals surface area contributed by atoms with Crippen LogP contribution in [0.3, 0.4) is 0 Å². The van der Waals surface area contributed by atoms with E-state index in [9.17, 15) is 19.2 Å². The number of para-hydroxylation sites is 1. The molecule has 0 aliphatic carbocycles. The van der Waals surface area contributed by atoms with Gasteiger partial charge in [0.15, 0.2) is 0 Å². The van der Waals surface area contributed by atoms with E-state index in [2.05, 4.69) is 5.32 Å². The molecule has 0 saturated carbocycles. The van der Waals surface area contributed by atoms with E-state index in [1.54, 1.807) is 43.3 Å². The summed E-state index contributed by atoms with van der Waals surface area (Å²) in [6.45, 7) is 7.36. The molecule has 4 rings (SSSR count). The summed E-state index contributed by atoms with van der Waals surface area (Å²) in [5.41, 5.74) is 5.22. The Labute approximate surface area is 219 Å². The minimum Gasteiger partial charge on any atom is -0.462 e. The van der Waals surface area contributed by atoms with Crippen LogP contribution in [0.5, 0.6) is 0 Å². The maximum Gasteiger partial charge on any atom is 0.338 e. The minimum absolute atomic E-state index is 0.245. The van der Waals surface area contributed by atoms with E-state index in [4.69, 9.17) is 4.74 Å². The molecule has 1 saturated heterocycles. The number of rotatable bonds is 7. The van der Waals surface area contributed by atoms with E-state index in [1.807, 2.05) is 49.6 Å². The van der Waals surface area contributed by atoms with Crippen molar-refractivity contribution in [3.05, 3.63) is 87.6 Å². The van der Waals surface area contributed by atoms with Gasteiger partial charge in [0.2, 0.25) is 5.91 Å². The number of aryl methyl sites for hydroxylation is 2. The van der Waals surface area contributed by atoms with Crippen molar-refractivity contribution in [1.82, 2.24) is 9.47 Å². The molecule has 0 radical (unpaired) electrons. The van der Waals surface area contributed by atoms with Gasteiger partial charge in [-0.2, -0.15) is 0 Å². The Balaban J connectivity index is 1.54. The third-order valence-electron chi connectivity index (χ3n) is 5.97. The highest BCUT2D eigenvalue weighted by Gasteiger charge is 2.36. The van der Waals surface area contributed by atoms with Gasteiger partial charge >= 0.3 is 5.97 Å². The molecule has 1 N–H and O–H groups in total. The van der Waals surface area contributed by atoms with Crippen molar-refractivity contribution in [2.24, 2.45) is 0 Å². The number of thioether (sulfide) groups is 1. The Morgan fingerprint density at radius 3 is 2.51 bits per heavy atom. The first-order valence-electron chi connectivity index (χ1n) is 11.8. The van der Waals surface area contributed by atoms with Crippen molar-refractivity contribution in [2.75, 3.05) is 18.5 Å². The highest BCUT2D eigenvalue weighted by atomic mass is 32.2. The van der Waals surface area contributed by atoms with Crippen LogP contribution in [0.1, 0.15) is 39.8 Å². The maximum absolute atomic E-state index is 13.0. The van der Waals surface area contributed by atoms with Gasteiger partial charge in [-0.15, -0.1) is 0 Å². The van der Waals surface area contributed by atoms with Crippen LogP contribution in [-0.2, 0) is 14.3 Å². The Bertz CT molecular complexity index is 1440. The minimum atomic E-state index is -0.510. The Morgan fingerprint density at radius 1 is 1.03 bits per heavy atom. The summed E-state index contributed by atoms with van der Waals surface area (Å²) in [6.07, 6.45) is 1.66. The Kier molecular flexibility index (Phi) is 7.63. The third-order valence-corrected chi connectivity index (χ3v) is 6.87. The second kappa shape index (κ2) is 10.9. The molecule has 3 amide bonds. The number of nitrogens with one attached hydrogen (secondary N) is 1. The van der Waals surface area contributed by atoms with Gasteiger partial charge in [-0.25, -0.2) is 4.79 Å². The highest BCUT2D eigenvalue weighted by molar-refractivity contribution is 8.18. The van der Waals surface area contributed by atoms with Crippen molar-refractivity contribution in [3.63, 3.8) is 0 Å². The second-order valence-electron chi connectivity index (χ2n) is 8.56. The number of carbonyl (C=O) groups is 4. The fourth-order valence-electron chi connectivity index (χ4n) is 4.14. The number of esters is 1. The molecule has 3 aromatic rings. The van der Waals surface area contributed by atoms with Crippen LogP contribution in [0.4, 0.5) is 10.5 Å². The van der Waals surface area contributed by atoms with Gasteiger partial charge in [-0.05, 0) is 87.0 Å². The monoisotopic (exact) mass is 517 g/mol. The summed E-state index contributed by atoms with van der Waals surface area (Å²) in [5, 5.41) is 2.26. The molecule has 1 fully saturated rings. The van der Waals surface area contributed by atoms with Crippen LogP contribution in [0.2, 0.25) is 0 Å². The lowest BCUT2D eigenvalue weighted by Crippen LogP contribution is -2.36. The molecule has 0 unspecified atom stereocenters. The smallest absolute Gasteiger partial charge is 0.338 e. The summed E-state index contributed by atoms with van der Waals surface area (Å²) in [5.74, 6) is -1.35. The van der Waals surface area contributed by atoms with Gasteiger partial charge in [-0.1, -0.05) is 24.3 Å². The quantitative estimate of drug-likeness (QED) is 0.339. The number of carbonyl (C=O) groups excluding carboxylic acids is 4. The second-order valence-corrected chi connectivity index (χ2v) is 9.56. The average molecular weight is 518 g/mol. The lowest BCUT2D eigenvalue weighted by molar-refractivity contribution is -0.127. The average Bonchev–Trinajstić information content (AvgIpc) is 3.29. The lowest BCUT2D eigenvalue weighted by atomic mass is 10.2. The molecule has 0 bridgehead atoms. The van der Waals surface area contributed by atoms with Gasteiger partial charge in [0, 0.05) is 22.8 Å². The van der Waals surface area contributed by atoms with E-state index in [-0.39, 0.29) is 18.1 Å². The lowest BCUT2D eigenvalue weighted by Gasteiger charge is -2.13. The molecule has 0 spiro atoms. The number of ether oxygens (including phenoxy) is 1. The standard InChI is InChI=1S/C28H27N3O5S/c1-5-36-27(34)20-10-8-11-22(14-20)31-18(3)13-21(19(31)4)15-24-26(33)30(28(35)37-24)16-25(32)29-23-12-7-6-9-17(23)2/h6-15H,5,16H2,1-4H3,(H,29,32)/b24-15-. The molecule has 37 heavy (non-hydrogen) atoms. The van der Waals surface area contributed by atoms with Crippen LogP contribution in [0.25, 0.3) is 11.8 Å². The normalized spacial score (nSPS) is 14.4. The summed E-state index contributed by atoms with van der Waals surface area (Å²) in [7, 11) is 0. The summed E-state index contributed by atoms with van der Waals surface area (Å²) in [4.78, 5) is 51.5. The van der Waals surface area contributed by atoms with Gasteiger partial charge < -0.3 is 14.6 Å². The molecule has 1 aliphatic rings. The van der Waals surface area contributed by atoms with E-state index >= 15 is 0 Å². The third kappa shape index (κ3) is 5.51. The molecule has 1 aliphatic heterocycles. The Morgan fingerprint density at radius 2 is 1.78 bits per heavy atom. The first-order valence-corrected chi connectivity index (χ1v) is 12.6. The topological polar surface area (TPSA) is 97.7 Å². The highest BCUT2D eigenvalue weighted by Crippen LogP contribution is 2.34. The molecule has 8 nitrogen and oxygen atoms in total. The van der Waals surface area contributed by atoms with Crippen LogP contribution >= 0.6 is 11.8 Å². The van der Waals surface area contributed by atoms with E-state index in [1.165, 1.54) is 0 Å². The number of anilines is 1. The van der Waals surface area contributed by atoms with E-state index in [0.717, 1.165) is 44.9 Å². The van der Waals surface area contributed by atoms with Gasteiger partial charge in [0.1, 0.15) is 6.54 Å². The van der Waals surface area contributed by atoms with E-state index in [0.29, 0.717) is 11.3 Å². The van der Waals surface area contributed by atoms with Crippen LogP contribution in [0, 0.1) is 20.8 Å². The number of aromatic nitrogens is 1. The van der Waals surface area contributed by atoms with Crippen molar-refractivity contribution in [3.8, 4) is 5.69 Å². The fourth-order valence-corrected chi connectivity index (χ4v) is 4.97. The zero-order chi connectivity index (χ0) is 26.7. The maximum atomic E-state index is 13.0. The summed E-state index contributed by atoms with van der Waals surface area (Å²) < 4.78 is 7.08. The van der Waals surface area contributed by atoms with Gasteiger partial charge in [0.25, 0.3) is 11.1 Å². The fraction of sp³-hybridized carbons (Fsp3) is 0.214. The molecular formula is C28H27N3O5S. The van der Waals surface area contributed by atoms with Crippen LogP contribution in [-0.4, -0.2) is 45.6 Å². The van der Waals surface area contributed by atoms with Gasteiger partial charge in [0.05, 0.1) is 17.1 Å². The largest absolute Gasteiger partial charge is 0.462 e. The zero-order valence-corrected chi connectivity index (χ0v) is 21.8. The molecule has 2 aromatic carbocycles. The van der Waals surface area contributed by atoms with Crippen molar-refractivity contribution in [1.29, 1.82) is 0 Å². The van der Waals surface area contributed by atoms with Crippen molar-refractivity contribution >= 4 is 46.5 Å². The molecule has 2 heterocycles. The Hall–Kier alpha value is -4.11. The number of imide groups is 1. The molecular weight excluding hydrogens is 490 g/mol. The first kappa shape index (κ1) is 26.0. The summed E-state index contributed by atoms with van der Waals surface area (Å²) in [6, 6.07) is 16.3. The van der Waals surface area contributed by atoms with Gasteiger partial charge in [-0.3, -0.25) is 19.3 Å². The zero-order valence-electron chi connectivity index (χ0n) is 21.0. The van der Waals surface area contributed by atoms with E-state index < -0.39 is 23.0 Å². The predicted octanol–water partition coefficient (Wildman–Crippen LogP) is 5.25. The van der Waals surface area contributed by atoms with Crippen LogP contribution < -0.4 is 5.32 Å². The van der Waals surface area contributed by atoms with Crippen molar-refractivity contribution in [2.45, 2.75) is 27.7 Å².